The molecule has 24 heavy (non-hydrogen) atoms. The molecule has 3 rings (SSSR count). The maximum absolute atomic E-state index is 12.8. The van der Waals surface area contributed by atoms with Crippen LogP contribution in [0.15, 0.2) is 30.7 Å². The first-order valence-corrected chi connectivity index (χ1v) is 8.28. The number of piperidine rings is 1. The van der Waals surface area contributed by atoms with Crippen LogP contribution in [0.4, 0.5) is 4.79 Å². The molecule has 1 fully saturated rings. The van der Waals surface area contributed by atoms with Gasteiger partial charge in [0.05, 0.1) is 23.7 Å². The Morgan fingerprint density at radius 2 is 1.92 bits per heavy atom. The average molecular weight is 329 g/mol. The Bertz CT molecular complexity index is 752. The zero-order valence-corrected chi connectivity index (χ0v) is 14.4. The van der Waals surface area contributed by atoms with Gasteiger partial charge in [-0.2, -0.15) is 0 Å². The molecule has 1 aliphatic heterocycles. The largest absolute Gasteiger partial charge is 0.444 e. The van der Waals surface area contributed by atoms with E-state index in [1.807, 2.05) is 43.4 Å². The molecular weight excluding hydrogens is 306 g/mol. The van der Waals surface area contributed by atoms with Crippen LogP contribution in [0.2, 0.25) is 0 Å². The Labute approximate surface area is 141 Å². The Hall–Kier alpha value is -2.37. The van der Waals surface area contributed by atoms with Crippen molar-refractivity contribution in [2.45, 2.75) is 39.2 Å². The summed E-state index contributed by atoms with van der Waals surface area (Å²) in [6.45, 7) is 6.66. The average Bonchev–Trinajstić information content (AvgIpc) is 3.01. The number of likely N-dealkylation sites (tertiary alicyclic amines) is 1. The molecule has 0 unspecified atom stereocenters. The summed E-state index contributed by atoms with van der Waals surface area (Å²) in [7, 11) is 0. The second-order valence-corrected chi connectivity index (χ2v) is 7.21. The van der Waals surface area contributed by atoms with E-state index in [2.05, 4.69) is 4.98 Å². The van der Waals surface area contributed by atoms with Gasteiger partial charge < -0.3 is 9.64 Å². The van der Waals surface area contributed by atoms with Crippen molar-refractivity contribution in [1.29, 1.82) is 0 Å². The van der Waals surface area contributed by atoms with Crippen molar-refractivity contribution in [2.24, 2.45) is 5.92 Å². The van der Waals surface area contributed by atoms with Gasteiger partial charge in [0.1, 0.15) is 5.60 Å². The van der Waals surface area contributed by atoms with Gasteiger partial charge in [0, 0.05) is 19.0 Å². The van der Waals surface area contributed by atoms with Crippen LogP contribution < -0.4 is 0 Å². The lowest BCUT2D eigenvalue weighted by molar-refractivity contribution is 0.0182. The predicted octanol–water partition coefficient (Wildman–Crippen LogP) is 3.16. The smallest absolute Gasteiger partial charge is 0.410 e. The molecule has 128 valence electrons. The number of hydrogen-bond donors (Lipinski definition) is 0. The number of carbonyl (C=O) groups excluding carboxylic acids is 2. The number of carbonyl (C=O) groups is 2. The molecule has 0 spiro atoms. The van der Waals surface area contributed by atoms with Crippen LogP contribution in [-0.2, 0) is 4.74 Å². The van der Waals surface area contributed by atoms with Gasteiger partial charge in [-0.3, -0.25) is 9.20 Å². The van der Waals surface area contributed by atoms with Crippen LogP contribution >= 0.6 is 0 Å². The van der Waals surface area contributed by atoms with Crippen molar-refractivity contribution in [3.05, 3.63) is 36.4 Å². The molecule has 0 N–H and O–H groups in total. The normalized spacial score (nSPS) is 16.4. The fourth-order valence-electron chi connectivity index (χ4n) is 3.01. The maximum Gasteiger partial charge on any atom is 0.410 e. The van der Waals surface area contributed by atoms with Crippen molar-refractivity contribution < 1.29 is 14.3 Å². The number of amides is 1. The number of nitrogens with zero attached hydrogens (tertiary/aromatic N) is 3. The molecule has 0 aliphatic carbocycles. The van der Waals surface area contributed by atoms with Crippen LogP contribution in [0.25, 0.3) is 5.52 Å². The number of ketones is 1. The summed E-state index contributed by atoms with van der Waals surface area (Å²) in [6, 6.07) is 5.63. The molecule has 0 aromatic carbocycles. The third kappa shape index (κ3) is 3.42. The number of imidazole rings is 1. The van der Waals surface area contributed by atoms with Crippen molar-refractivity contribution in [3.63, 3.8) is 0 Å². The van der Waals surface area contributed by atoms with E-state index in [1.54, 1.807) is 17.4 Å². The molecule has 2 aromatic heterocycles. The number of hydrogen-bond acceptors (Lipinski definition) is 4. The summed E-state index contributed by atoms with van der Waals surface area (Å²) in [5, 5.41) is 0. The molecular formula is C18H23N3O3. The van der Waals surface area contributed by atoms with Gasteiger partial charge in [-0.05, 0) is 45.7 Å². The fourth-order valence-corrected chi connectivity index (χ4v) is 3.01. The molecule has 2 aromatic rings. The van der Waals surface area contributed by atoms with Gasteiger partial charge in [0.2, 0.25) is 0 Å². The molecule has 0 bridgehead atoms. The highest BCUT2D eigenvalue weighted by molar-refractivity contribution is 5.97. The Morgan fingerprint density at radius 3 is 2.58 bits per heavy atom. The highest BCUT2D eigenvalue weighted by Crippen LogP contribution is 2.23. The van der Waals surface area contributed by atoms with E-state index >= 15 is 0 Å². The Kier molecular flexibility index (Phi) is 4.30. The molecule has 0 saturated carbocycles. The van der Waals surface area contributed by atoms with E-state index < -0.39 is 5.60 Å². The van der Waals surface area contributed by atoms with Crippen LogP contribution in [0.1, 0.15) is 44.1 Å². The lowest BCUT2D eigenvalue weighted by Gasteiger charge is -2.33. The molecule has 3 heterocycles. The maximum atomic E-state index is 12.8. The quantitative estimate of drug-likeness (QED) is 0.794. The minimum Gasteiger partial charge on any atom is -0.444 e. The summed E-state index contributed by atoms with van der Waals surface area (Å²) in [5.74, 6) is 0.0409. The number of pyridine rings is 1. The zero-order valence-electron chi connectivity index (χ0n) is 14.4. The van der Waals surface area contributed by atoms with Crippen LogP contribution in [0.5, 0.6) is 0 Å². The summed E-state index contributed by atoms with van der Waals surface area (Å²) in [6.07, 6.45) is 4.41. The minimum atomic E-state index is -0.499. The highest BCUT2D eigenvalue weighted by atomic mass is 16.6. The summed E-state index contributed by atoms with van der Waals surface area (Å²) >= 11 is 0. The molecule has 1 aliphatic rings. The molecule has 0 radical (unpaired) electrons. The molecule has 1 saturated heterocycles. The number of fused-ring (bicyclic) bond motifs is 1. The standard InChI is InChI=1S/C18H23N3O3/c1-18(2,3)24-17(23)20-9-7-13(8-10-20)16(22)15-6-4-5-14-11-19-12-21(14)15/h4-6,11-13H,7-10H2,1-3H3. The summed E-state index contributed by atoms with van der Waals surface area (Å²) in [5.41, 5.74) is 1.06. The third-order valence-corrected chi connectivity index (χ3v) is 4.22. The molecule has 6 nitrogen and oxygen atoms in total. The van der Waals surface area contributed by atoms with E-state index in [4.69, 9.17) is 4.74 Å². The van der Waals surface area contributed by atoms with Gasteiger partial charge in [0.25, 0.3) is 0 Å². The van der Waals surface area contributed by atoms with Gasteiger partial charge in [-0.1, -0.05) is 6.07 Å². The second-order valence-electron chi connectivity index (χ2n) is 7.21. The lowest BCUT2D eigenvalue weighted by atomic mass is 9.91. The van der Waals surface area contributed by atoms with Gasteiger partial charge in [0.15, 0.2) is 5.78 Å². The van der Waals surface area contributed by atoms with Crippen molar-refractivity contribution >= 4 is 17.4 Å². The van der Waals surface area contributed by atoms with E-state index in [0.717, 1.165) is 5.52 Å². The van der Waals surface area contributed by atoms with Gasteiger partial charge in [-0.15, -0.1) is 0 Å². The van der Waals surface area contributed by atoms with Crippen LogP contribution in [0.3, 0.4) is 0 Å². The highest BCUT2D eigenvalue weighted by Gasteiger charge is 2.31. The lowest BCUT2D eigenvalue weighted by Crippen LogP contribution is -2.43. The van der Waals surface area contributed by atoms with Crippen molar-refractivity contribution in [1.82, 2.24) is 14.3 Å². The Balaban J connectivity index is 1.65. The first kappa shape index (κ1) is 16.5. The Morgan fingerprint density at radius 1 is 1.21 bits per heavy atom. The zero-order chi connectivity index (χ0) is 17.3. The fraction of sp³-hybridized carbons (Fsp3) is 0.500. The molecule has 0 atom stereocenters. The van der Waals surface area contributed by atoms with Crippen molar-refractivity contribution in [3.8, 4) is 0 Å². The number of rotatable bonds is 2. The second kappa shape index (κ2) is 6.26. The SMILES string of the molecule is CC(C)(C)OC(=O)N1CCC(C(=O)c2cccc3cncn23)CC1. The number of aromatic nitrogens is 2. The summed E-state index contributed by atoms with van der Waals surface area (Å²) < 4.78 is 7.22. The van der Waals surface area contributed by atoms with E-state index in [9.17, 15) is 9.59 Å². The topological polar surface area (TPSA) is 63.9 Å². The molecule has 1 amide bonds. The van der Waals surface area contributed by atoms with Gasteiger partial charge in [-0.25, -0.2) is 9.78 Å². The minimum absolute atomic E-state index is 0.0725. The van der Waals surface area contributed by atoms with E-state index in [1.165, 1.54) is 0 Å². The van der Waals surface area contributed by atoms with E-state index in [0.29, 0.717) is 31.6 Å². The predicted molar refractivity (Wildman–Crippen MR) is 90.1 cm³/mol. The number of ether oxygens (including phenoxy) is 1. The molecule has 6 heteroatoms. The van der Waals surface area contributed by atoms with E-state index in [-0.39, 0.29) is 17.8 Å². The van der Waals surface area contributed by atoms with Crippen molar-refractivity contribution in [2.75, 3.05) is 13.1 Å². The van der Waals surface area contributed by atoms with Crippen LogP contribution in [0, 0.1) is 5.92 Å². The first-order chi connectivity index (χ1) is 11.3. The summed E-state index contributed by atoms with van der Waals surface area (Å²) in [4.78, 5) is 30.7. The van der Waals surface area contributed by atoms with Crippen LogP contribution in [-0.4, -0.2) is 44.9 Å². The third-order valence-electron chi connectivity index (χ3n) is 4.22. The van der Waals surface area contributed by atoms with Gasteiger partial charge >= 0.3 is 6.09 Å². The monoisotopic (exact) mass is 329 g/mol. The first-order valence-electron chi connectivity index (χ1n) is 8.28. The number of Topliss-reactive ketones (excluding diaryl/α,β-unsaturated/α-hetero) is 1.